The fourth-order valence-electron chi connectivity index (χ4n) is 1.23. The van der Waals surface area contributed by atoms with E-state index >= 15 is 0 Å². The SMILES string of the molecule is OC1=CCNc2ccccc21.[KH]. The molecule has 12 heavy (non-hydrogen) atoms. The fraction of sp³-hybridized carbons (Fsp3) is 0.111. The second-order valence-electron chi connectivity index (χ2n) is 2.52. The molecule has 0 saturated carbocycles. The Morgan fingerprint density at radius 1 is 1.25 bits per heavy atom. The van der Waals surface area contributed by atoms with Crippen molar-refractivity contribution >= 4 is 62.8 Å². The van der Waals surface area contributed by atoms with Gasteiger partial charge in [-0.1, -0.05) is 12.1 Å². The van der Waals surface area contributed by atoms with Gasteiger partial charge in [-0.2, -0.15) is 0 Å². The zero-order valence-electron chi connectivity index (χ0n) is 6.04. The second-order valence-corrected chi connectivity index (χ2v) is 2.52. The number of aliphatic hydroxyl groups is 1. The summed E-state index contributed by atoms with van der Waals surface area (Å²) in [5.41, 5.74) is 1.89. The molecule has 1 aliphatic rings. The molecule has 2 nitrogen and oxygen atoms in total. The molecule has 0 atom stereocenters. The minimum absolute atomic E-state index is 0. The van der Waals surface area contributed by atoms with Gasteiger partial charge < -0.3 is 10.4 Å². The Balaban J connectivity index is 0.000000720. The summed E-state index contributed by atoms with van der Waals surface area (Å²) >= 11 is 0. The van der Waals surface area contributed by atoms with Crippen molar-refractivity contribution in [2.75, 3.05) is 11.9 Å². The topological polar surface area (TPSA) is 32.3 Å². The molecule has 2 rings (SSSR count). The molecular weight excluding hydrogens is 177 g/mol. The molecule has 0 saturated heterocycles. The molecule has 0 amide bonds. The average Bonchev–Trinajstić information content (AvgIpc) is 2.06. The number of hydrogen-bond acceptors (Lipinski definition) is 2. The summed E-state index contributed by atoms with van der Waals surface area (Å²) in [7, 11) is 0. The molecule has 1 heterocycles. The van der Waals surface area contributed by atoms with E-state index in [9.17, 15) is 5.11 Å². The van der Waals surface area contributed by atoms with Gasteiger partial charge in [0.2, 0.25) is 0 Å². The maximum atomic E-state index is 9.38. The van der Waals surface area contributed by atoms with Crippen LogP contribution in [0.3, 0.4) is 0 Å². The van der Waals surface area contributed by atoms with Crippen molar-refractivity contribution in [2.24, 2.45) is 0 Å². The van der Waals surface area contributed by atoms with Gasteiger partial charge in [0.05, 0.1) is 0 Å². The molecule has 58 valence electrons. The standard InChI is InChI=1S/C9H9NO.K.H/c11-9-5-6-10-8-4-2-1-3-7(8)9;;/h1-5,10-11H,6H2;;. The molecule has 0 unspecified atom stereocenters. The number of benzene rings is 1. The van der Waals surface area contributed by atoms with Crippen molar-refractivity contribution in [1.82, 2.24) is 0 Å². The Morgan fingerprint density at radius 3 is 2.75 bits per heavy atom. The van der Waals surface area contributed by atoms with E-state index in [0.717, 1.165) is 11.3 Å². The van der Waals surface area contributed by atoms with E-state index in [2.05, 4.69) is 5.32 Å². The van der Waals surface area contributed by atoms with Crippen LogP contribution in [0.5, 0.6) is 0 Å². The molecule has 0 spiro atoms. The van der Waals surface area contributed by atoms with Gasteiger partial charge >= 0.3 is 51.4 Å². The fourth-order valence-corrected chi connectivity index (χ4v) is 1.23. The van der Waals surface area contributed by atoms with E-state index < -0.39 is 0 Å². The Hall–Kier alpha value is 0.196. The molecule has 0 fully saturated rings. The average molecular weight is 187 g/mol. The maximum absolute atomic E-state index is 9.38. The molecule has 0 aromatic heterocycles. The summed E-state index contributed by atoms with van der Waals surface area (Å²) in [6.45, 7) is 0.711. The molecule has 1 aromatic rings. The molecule has 3 heteroatoms. The summed E-state index contributed by atoms with van der Waals surface area (Å²) in [6.07, 6.45) is 1.77. The number of aliphatic hydroxyl groups excluding tert-OH is 1. The van der Waals surface area contributed by atoms with Crippen LogP contribution in [0.25, 0.3) is 5.76 Å². The number of hydrogen-bond donors (Lipinski definition) is 2. The van der Waals surface area contributed by atoms with Crippen molar-refractivity contribution in [3.05, 3.63) is 35.9 Å². The van der Waals surface area contributed by atoms with Crippen molar-refractivity contribution in [2.45, 2.75) is 0 Å². The van der Waals surface area contributed by atoms with E-state index in [0.29, 0.717) is 12.3 Å². The van der Waals surface area contributed by atoms with Gasteiger partial charge in [-0.15, -0.1) is 0 Å². The molecule has 0 bridgehead atoms. The van der Waals surface area contributed by atoms with Gasteiger partial charge in [-0.3, -0.25) is 0 Å². The van der Waals surface area contributed by atoms with Gasteiger partial charge in [0.1, 0.15) is 5.76 Å². The van der Waals surface area contributed by atoms with Gasteiger partial charge in [-0.25, -0.2) is 0 Å². The van der Waals surface area contributed by atoms with E-state index in [4.69, 9.17) is 0 Å². The van der Waals surface area contributed by atoms with Crippen molar-refractivity contribution in [1.29, 1.82) is 0 Å². The summed E-state index contributed by atoms with van der Waals surface area (Å²) in [4.78, 5) is 0. The van der Waals surface area contributed by atoms with Gasteiger partial charge in [0.15, 0.2) is 0 Å². The monoisotopic (exact) mass is 187 g/mol. The first kappa shape index (κ1) is 10.3. The summed E-state index contributed by atoms with van der Waals surface area (Å²) in [5, 5.41) is 12.5. The summed E-state index contributed by atoms with van der Waals surface area (Å²) < 4.78 is 0. The molecule has 0 radical (unpaired) electrons. The van der Waals surface area contributed by atoms with Gasteiger partial charge in [0, 0.05) is 17.8 Å². The predicted molar refractivity (Wildman–Crippen MR) is 52.7 cm³/mol. The Labute approximate surface area is 114 Å². The van der Waals surface area contributed by atoms with Crippen molar-refractivity contribution in [3.8, 4) is 0 Å². The first-order valence-corrected chi connectivity index (χ1v) is 3.60. The van der Waals surface area contributed by atoms with Crippen LogP contribution in [-0.4, -0.2) is 63.0 Å². The zero-order chi connectivity index (χ0) is 7.68. The van der Waals surface area contributed by atoms with Crippen molar-refractivity contribution in [3.63, 3.8) is 0 Å². The Kier molecular flexibility index (Phi) is 3.80. The third-order valence-corrected chi connectivity index (χ3v) is 1.79. The third-order valence-electron chi connectivity index (χ3n) is 1.79. The number of fused-ring (bicyclic) bond motifs is 1. The predicted octanol–water partition coefficient (Wildman–Crippen LogP) is 1.36. The van der Waals surface area contributed by atoms with E-state index in [1.54, 1.807) is 6.08 Å². The van der Waals surface area contributed by atoms with Crippen LogP contribution < -0.4 is 5.32 Å². The van der Waals surface area contributed by atoms with Crippen LogP contribution >= 0.6 is 0 Å². The number of anilines is 1. The van der Waals surface area contributed by atoms with Crippen LogP contribution in [0.4, 0.5) is 5.69 Å². The Morgan fingerprint density at radius 2 is 2.00 bits per heavy atom. The number of nitrogens with one attached hydrogen (secondary N) is 1. The summed E-state index contributed by atoms with van der Waals surface area (Å²) in [5.74, 6) is 0.374. The first-order valence-electron chi connectivity index (χ1n) is 3.60. The van der Waals surface area contributed by atoms with Crippen LogP contribution in [0.15, 0.2) is 30.3 Å². The quantitative estimate of drug-likeness (QED) is 0.601. The van der Waals surface area contributed by atoms with E-state index in [1.165, 1.54) is 0 Å². The number of para-hydroxylation sites is 1. The summed E-state index contributed by atoms with van der Waals surface area (Å²) in [6, 6.07) is 7.71. The van der Waals surface area contributed by atoms with Crippen LogP contribution in [0.2, 0.25) is 0 Å². The molecular formula is C9H10KNO. The minimum atomic E-state index is 0. The van der Waals surface area contributed by atoms with Crippen molar-refractivity contribution < 1.29 is 5.11 Å². The second kappa shape index (κ2) is 4.44. The first-order chi connectivity index (χ1) is 5.38. The van der Waals surface area contributed by atoms with Crippen LogP contribution in [0.1, 0.15) is 5.56 Å². The van der Waals surface area contributed by atoms with Crippen LogP contribution in [0, 0.1) is 0 Å². The number of rotatable bonds is 0. The normalized spacial score (nSPS) is 13.5. The van der Waals surface area contributed by atoms with Gasteiger partial charge in [0.25, 0.3) is 0 Å². The van der Waals surface area contributed by atoms with E-state index in [1.807, 2.05) is 24.3 Å². The van der Waals surface area contributed by atoms with Gasteiger partial charge in [-0.05, 0) is 18.2 Å². The molecule has 1 aliphatic heterocycles. The molecule has 2 N–H and O–H groups in total. The molecule has 1 aromatic carbocycles. The third kappa shape index (κ3) is 1.92. The zero-order valence-corrected chi connectivity index (χ0v) is 6.04. The Bertz CT molecular complexity index is 309. The molecule has 0 aliphatic carbocycles. The van der Waals surface area contributed by atoms with Crippen LogP contribution in [-0.2, 0) is 0 Å². The van der Waals surface area contributed by atoms with E-state index in [-0.39, 0.29) is 51.4 Å².